The van der Waals surface area contributed by atoms with E-state index < -0.39 is 0 Å². The van der Waals surface area contributed by atoms with Gasteiger partial charge in [-0.3, -0.25) is 19.5 Å². The zero-order valence-corrected chi connectivity index (χ0v) is 19.8. The molecule has 2 aromatic carbocycles. The summed E-state index contributed by atoms with van der Waals surface area (Å²) in [4.78, 5) is 32.3. The molecule has 1 aliphatic rings. The molecule has 2 amide bonds. The van der Waals surface area contributed by atoms with Gasteiger partial charge in [-0.2, -0.15) is 0 Å². The maximum absolute atomic E-state index is 13.5. The van der Waals surface area contributed by atoms with Crippen molar-refractivity contribution in [1.29, 1.82) is 0 Å². The minimum Gasteiger partial charge on any atom is -0.350 e. The Labute approximate surface area is 195 Å². The fraction of sp³-hybridized carbons (Fsp3) is 0.250. The standard InChI is InChI=1S/C28H29N3O2/c1-18-6-11-23(19(2)16-18)24-25(30-22-9-7-21(8-10-22)28(3,4)5)27(33)31(26(24)32)17-20-12-14-29-15-13-20/h6-16,30H,17H2,1-5H3. The summed E-state index contributed by atoms with van der Waals surface area (Å²) in [5.41, 5.74) is 6.40. The van der Waals surface area contributed by atoms with Crippen LogP contribution in [0.1, 0.15) is 48.6 Å². The van der Waals surface area contributed by atoms with Crippen molar-refractivity contribution in [1.82, 2.24) is 9.88 Å². The number of nitrogens with one attached hydrogen (secondary N) is 1. The van der Waals surface area contributed by atoms with Gasteiger partial charge in [-0.1, -0.05) is 56.7 Å². The van der Waals surface area contributed by atoms with Crippen LogP contribution in [-0.4, -0.2) is 21.7 Å². The molecular formula is C28H29N3O2. The lowest BCUT2D eigenvalue weighted by Crippen LogP contribution is -2.32. The molecule has 4 rings (SSSR count). The van der Waals surface area contributed by atoms with Crippen molar-refractivity contribution in [3.63, 3.8) is 0 Å². The smallest absolute Gasteiger partial charge is 0.278 e. The SMILES string of the molecule is Cc1ccc(C2=C(Nc3ccc(C(C)(C)C)cc3)C(=O)N(Cc3ccncc3)C2=O)c(C)c1. The van der Waals surface area contributed by atoms with Gasteiger partial charge in [0.1, 0.15) is 5.70 Å². The molecule has 0 saturated carbocycles. The van der Waals surface area contributed by atoms with Gasteiger partial charge >= 0.3 is 0 Å². The number of pyridine rings is 1. The molecule has 33 heavy (non-hydrogen) atoms. The van der Waals surface area contributed by atoms with Gasteiger partial charge in [0.05, 0.1) is 12.1 Å². The number of rotatable bonds is 5. The van der Waals surface area contributed by atoms with Crippen molar-refractivity contribution in [2.75, 3.05) is 5.32 Å². The van der Waals surface area contributed by atoms with Crippen LogP contribution in [0.4, 0.5) is 5.69 Å². The van der Waals surface area contributed by atoms with Gasteiger partial charge in [-0.15, -0.1) is 0 Å². The first-order valence-electron chi connectivity index (χ1n) is 11.1. The Kier molecular flexibility index (Phi) is 5.90. The van der Waals surface area contributed by atoms with Gasteiger partial charge in [0, 0.05) is 18.1 Å². The highest BCUT2D eigenvalue weighted by Crippen LogP contribution is 2.34. The van der Waals surface area contributed by atoms with Crippen molar-refractivity contribution in [2.45, 2.75) is 46.6 Å². The lowest BCUT2D eigenvalue weighted by molar-refractivity contribution is -0.137. The third-order valence-corrected chi connectivity index (χ3v) is 5.93. The molecule has 5 heteroatoms. The summed E-state index contributed by atoms with van der Waals surface area (Å²) in [7, 11) is 0. The number of benzene rings is 2. The van der Waals surface area contributed by atoms with Crippen molar-refractivity contribution >= 4 is 23.1 Å². The zero-order chi connectivity index (χ0) is 23.8. The fourth-order valence-corrected chi connectivity index (χ4v) is 4.05. The van der Waals surface area contributed by atoms with E-state index in [9.17, 15) is 9.59 Å². The number of carbonyl (C=O) groups excluding carboxylic acids is 2. The Morgan fingerprint density at radius 3 is 2.15 bits per heavy atom. The van der Waals surface area contributed by atoms with Gasteiger partial charge in [0.25, 0.3) is 11.8 Å². The van der Waals surface area contributed by atoms with E-state index in [1.807, 2.05) is 56.3 Å². The molecule has 1 N–H and O–H groups in total. The Hall–Kier alpha value is -3.73. The van der Waals surface area contributed by atoms with E-state index in [4.69, 9.17) is 0 Å². The van der Waals surface area contributed by atoms with Gasteiger partial charge < -0.3 is 5.32 Å². The van der Waals surface area contributed by atoms with Gasteiger partial charge in [-0.25, -0.2) is 0 Å². The number of amides is 2. The summed E-state index contributed by atoms with van der Waals surface area (Å²) in [6.07, 6.45) is 3.32. The minimum atomic E-state index is -0.327. The van der Waals surface area contributed by atoms with E-state index in [1.54, 1.807) is 12.4 Å². The molecule has 1 aromatic heterocycles. The normalized spacial score (nSPS) is 14.3. The van der Waals surface area contributed by atoms with Crippen LogP contribution < -0.4 is 5.32 Å². The van der Waals surface area contributed by atoms with Crippen LogP contribution in [0.5, 0.6) is 0 Å². The molecule has 0 bridgehead atoms. The van der Waals surface area contributed by atoms with Crippen molar-refractivity contribution < 1.29 is 9.59 Å². The Balaban J connectivity index is 1.75. The lowest BCUT2D eigenvalue weighted by atomic mass is 9.87. The average molecular weight is 440 g/mol. The largest absolute Gasteiger partial charge is 0.350 e. The molecule has 0 aliphatic carbocycles. The average Bonchev–Trinajstić information content (AvgIpc) is 2.99. The van der Waals surface area contributed by atoms with Crippen LogP contribution in [0.2, 0.25) is 0 Å². The predicted molar refractivity (Wildman–Crippen MR) is 131 cm³/mol. The zero-order valence-electron chi connectivity index (χ0n) is 19.8. The summed E-state index contributed by atoms with van der Waals surface area (Å²) < 4.78 is 0. The van der Waals surface area contributed by atoms with E-state index in [1.165, 1.54) is 10.5 Å². The first kappa shape index (κ1) is 22.5. The van der Waals surface area contributed by atoms with Crippen LogP contribution in [-0.2, 0) is 21.5 Å². The molecule has 168 valence electrons. The fourth-order valence-electron chi connectivity index (χ4n) is 4.05. The molecule has 3 aromatic rings. The highest BCUT2D eigenvalue weighted by molar-refractivity contribution is 6.36. The summed E-state index contributed by atoms with van der Waals surface area (Å²) in [5.74, 6) is -0.621. The first-order valence-corrected chi connectivity index (χ1v) is 11.1. The van der Waals surface area contributed by atoms with E-state index in [2.05, 4.69) is 43.2 Å². The van der Waals surface area contributed by atoms with Crippen LogP contribution in [0, 0.1) is 13.8 Å². The highest BCUT2D eigenvalue weighted by Gasteiger charge is 2.39. The lowest BCUT2D eigenvalue weighted by Gasteiger charge is -2.19. The third kappa shape index (κ3) is 4.58. The Bertz CT molecular complexity index is 1240. The summed E-state index contributed by atoms with van der Waals surface area (Å²) in [5, 5.41) is 3.26. The second-order valence-corrected chi connectivity index (χ2v) is 9.57. The van der Waals surface area contributed by atoms with Crippen LogP contribution in [0.3, 0.4) is 0 Å². The van der Waals surface area contributed by atoms with Crippen molar-refractivity contribution in [2.24, 2.45) is 0 Å². The topological polar surface area (TPSA) is 62.3 Å². The van der Waals surface area contributed by atoms with Crippen LogP contribution in [0.25, 0.3) is 5.57 Å². The number of imide groups is 1. The first-order chi connectivity index (χ1) is 15.6. The minimum absolute atomic E-state index is 0.0302. The molecule has 2 heterocycles. The quantitative estimate of drug-likeness (QED) is 0.542. The van der Waals surface area contributed by atoms with Gasteiger partial charge in [0.2, 0.25) is 0 Å². The Morgan fingerprint density at radius 2 is 1.55 bits per heavy atom. The number of hydrogen-bond acceptors (Lipinski definition) is 4. The summed E-state index contributed by atoms with van der Waals surface area (Å²) in [6.45, 7) is 10.7. The number of aryl methyl sites for hydroxylation is 2. The number of nitrogens with zero attached hydrogens (tertiary/aromatic N) is 2. The molecule has 0 saturated heterocycles. The molecule has 0 atom stereocenters. The number of carbonyl (C=O) groups is 2. The van der Waals surface area contributed by atoms with Crippen LogP contribution >= 0.6 is 0 Å². The molecule has 0 radical (unpaired) electrons. The monoisotopic (exact) mass is 439 g/mol. The van der Waals surface area contributed by atoms with E-state index in [-0.39, 0.29) is 23.8 Å². The van der Waals surface area contributed by atoms with E-state index in [0.29, 0.717) is 11.3 Å². The molecule has 0 spiro atoms. The second kappa shape index (κ2) is 8.66. The maximum Gasteiger partial charge on any atom is 0.278 e. The predicted octanol–water partition coefficient (Wildman–Crippen LogP) is 5.39. The molecule has 0 fully saturated rings. The summed E-state index contributed by atoms with van der Waals surface area (Å²) in [6, 6.07) is 17.6. The molecular weight excluding hydrogens is 410 g/mol. The van der Waals surface area contributed by atoms with E-state index in [0.717, 1.165) is 27.9 Å². The maximum atomic E-state index is 13.5. The second-order valence-electron chi connectivity index (χ2n) is 9.57. The van der Waals surface area contributed by atoms with Gasteiger partial charge in [-0.05, 0) is 65.8 Å². The molecule has 1 aliphatic heterocycles. The Morgan fingerprint density at radius 1 is 0.879 bits per heavy atom. The number of hydrogen-bond donors (Lipinski definition) is 1. The van der Waals surface area contributed by atoms with Crippen LogP contribution in [0.15, 0.2) is 72.7 Å². The molecule has 5 nitrogen and oxygen atoms in total. The molecule has 0 unspecified atom stereocenters. The highest BCUT2D eigenvalue weighted by atomic mass is 16.2. The van der Waals surface area contributed by atoms with E-state index >= 15 is 0 Å². The van der Waals surface area contributed by atoms with Crippen molar-refractivity contribution in [3.05, 3.63) is 101 Å². The number of aromatic nitrogens is 1. The number of anilines is 1. The van der Waals surface area contributed by atoms with Crippen molar-refractivity contribution in [3.8, 4) is 0 Å². The van der Waals surface area contributed by atoms with Gasteiger partial charge in [0.15, 0.2) is 0 Å². The third-order valence-electron chi connectivity index (χ3n) is 5.93. The summed E-state index contributed by atoms with van der Waals surface area (Å²) >= 11 is 0.